The fraction of sp³-hybridized carbons (Fsp3) is 0.350. The number of ether oxygens (including phenoxy) is 1. The molecule has 0 aromatic heterocycles. The van der Waals surface area contributed by atoms with Crippen LogP contribution in [0.5, 0.6) is 0 Å². The summed E-state index contributed by atoms with van der Waals surface area (Å²) in [6, 6.07) is 11.5. The van der Waals surface area contributed by atoms with Crippen LogP contribution in [-0.2, 0) is 16.1 Å². The second-order valence-electron chi connectivity index (χ2n) is 6.72. The molecule has 2 aromatic carbocycles. The number of benzene rings is 2. The molecule has 0 saturated carbocycles. The Bertz CT molecular complexity index is 801. The third-order valence-electron chi connectivity index (χ3n) is 4.73. The van der Waals surface area contributed by atoms with Crippen LogP contribution in [0.15, 0.2) is 42.5 Å². The van der Waals surface area contributed by atoms with Gasteiger partial charge in [0.15, 0.2) is 0 Å². The number of nitrogens with zero attached hydrogens (tertiary/aromatic N) is 1. The Hall–Kier alpha value is -1.66. The first-order valence-electron chi connectivity index (χ1n) is 8.75. The lowest BCUT2D eigenvalue weighted by molar-refractivity contribution is -0.121. The summed E-state index contributed by atoms with van der Waals surface area (Å²) in [5.41, 5.74) is 7.35. The number of amides is 1. The average molecular weight is 411 g/mol. The van der Waals surface area contributed by atoms with Gasteiger partial charge >= 0.3 is 0 Å². The molecule has 1 amide bonds. The predicted octanol–water partition coefficient (Wildman–Crippen LogP) is 3.99. The molecule has 1 aliphatic rings. The molecule has 0 radical (unpaired) electrons. The van der Waals surface area contributed by atoms with Gasteiger partial charge in [-0.2, -0.15) is 0 Å². The number of rotatable bonds is 6. The fourth-order valence-electron chi connectivity index (χ4n) is 3.34. The van der Waals surface area contributed by atoms with E-state index in [0.717, 1.165) is 12.1 Å². The summed E-state index contributed by atoms with van der Waals surface area (Å²) >= 11 is 12.1. The predicted molar refractivity (Wildman–Crippen MR) is 104 cm³/mol. The number of carbonyl (C=O) groups excluding carboxylic acids is 1. The first-order valence-corrected chi connectivity index (χ1v) is 9.50. The van der Waals surface area contributed by atoms with Gasteiger partial charge in [-0.1, -0.05) is 41.4 Å². The summed E-state index contributed by atoms with van der Waals surface area (Å²) in [5.74, 6) is -1.30. The van der Waals surface area contributed by atoms with Gasteiger partial charge in [-0.3, -0.25) is 9.69 Å². The highest BCUT2D eigenvalue weighted by Gasteiger charge is 2.27. The number of hydrogen-bond acceptors (Lipinski definition) is 3. The van der Waals surface area contributed by atoms with E-state index in [9.17, 15) is 9.18 Å². The quantitative estimate of drug-likeness (QED) is 0.782. The van der Waals surface area contributed by atoms with Crippen LogP contribution in [0.1, 0.15) is 23.5 Å². The van der Waals surface area contributed by atoms with E-state index < -0.39 is 11.8 Å². The van der Waals surface area contributed by atoms with Gasteiger partial charge in [-0.05, 0) is 41.8 Å². The molecule has 2 N–H and O–H groups in total. The highest BCUT2D eigenvalue weighted by molar-refractivity contribution is 6.42. The first kappa shape index (κ1) is 20.1. The van der Waals surface area contributed by atoms with Gasteiger partial charge in [0.05, 0.1) is 28.7 Å². The van der Waals surface area contributed by atoms with Crippen molar-refractivity contribution in [1.29, 1.82) is 0 Å². The molecule has 0 bridgehead atoms. The SMILES string of the molecule is NC(=O)C(CC1CN(Cc2ccc(Cl)c(Cl)c2)CCO1)c1ccc(F)cc1. The van der Waals surface area contributed by atoms with Crippen LogP contribution in [0, 0.1) is 5.82 Å². The lowest BCUT2D eigenvalue weighted by atomic mass is 9.92. The summed E-state index contributed by atoms with van der Waals surface area (Å²) in [6.07, 6.45) is 0.322. The third-order valence-corrected chi connectivity index (χ3v) is 5.47. The Morgan fingerprint density at radius 2 is 1.96 bits per heavy atom. The van der Waals surface area contributed by atoms with Crippen LogP contribution < -0.4 is 5.73 Å². The van der Waals surface area contributed by atoms with E-state index in [-0.39, 0.29) is 11.9 Å². The molecular weight excluding hydrogens is 390 g/mol. The van der Waals surface area contributed by atoms with Crippen molar-refractivity contribution in [3.05, 3.63) is 69.5 Å². The normalized spacial score (nSPS) is 19.0. The topological polar surface area (TPSA) is 55.6 Å². The van der Waals surface area contributed by atoms with E-state index in [1.54, 1.807) is 18.2 Å². The number of nitrogens with two attached hydrogens (primary N) is 1. The molecule has 3 rings (SSSR count). The minimum absolute atomic E-state index is 0.135. The smallest absolute Gasteiger partial charge is 0.225 e. The zero-order valence-corrected chi connectivity index (χ0v) is 16.2. The van der Waals surface area contributed by atoms with Gasteiger partial charge < -0.3 is 10.5 Å². The maximum absolute atomic E-state index is 13.2. The Morgan fingerprint density at radius 1 is 1.22 bits per heavy atom. The van der Waals surface area contributed by atoms with Gasteiger partial charge in [-0.15, -0.1) is 0 Å². The molecule has 2 atom stereocenters. The minimum atomic E-state index is -0.513. The van der Waals surface area contributed by atoms with Gasteiger partial charge in [0, 0.05) is 19.6 Å². The zero-order chi connectivity index (χ0) is 19.4. The minimum Gasteiger partial charge on any atom is -0.376 e. The molecule has 1 aliphatic heterocycles. The molecule has 27 heavy (non-hydrogen) atoms. The molecule has 144 valence electrons. The van der Waals surface area contributed by atoms with Crippen molar-refractivity contribution in [2.75, 3.05) is 19.7 Å². The lowest BCUT2D eigenvalue weighted by Crippen LogP contribution is -2.43. The summed E-state index contributed by atoms with van der Waals surface area (Å²) < 4.78 is 19.0. The molecular formula is C20H21Cl2FN2O2. The van der Waals surface area contributed by atoms with Crippen LogP contribution in [0.2, 0.25) is 10.0 Å². The standard InChI is InChI=1S/C20H21Cl2FN2O2/c21-18-6-1-13(9-19(18)22)11-25-7-8-27-16(12-25)10-17(20(24)26)14-2-4-15(23)5-3-14/h1-6,9,16-17H,7-8,10-12H2,(H2,24,26). The van der Waals surface area contributed by atoms with Crippen molar-refractivity contribution < 1.29 is 13.9 Å². The van der Waals surface area contributed by atoms with Crippen molar-refractivity contribution in [3.63, 3.8) is 0 Å². The van der Waals surface area contributed by atoms with Crippen LogP contribution in [0.4, 0.5) is 4.39 Å². The van der Waals surface area contributed by atoms with Crippen molar-refractivity contribution in [2.24, 2.45) is 5.73 Å². The summed E-state index contributed by atoms with van der Waals surface area (Å²) in [5, 5.41) is 1.06. The van der Waals surface area contributed by atoms with Gasteiger partial charge in [0.25, 0.3) is 0 Å². The van der Waals surface area contributed by atoms with Crippen molar-refractivity contribution in [2.45, 2.75) is 25.0 Å². The van der Waals surface area contributed by atoms with Crippen molar-refractivity contribution in [3.8, 4) is 0 Å². The second-order valence-corrected chi connectivity index (χ2v) is 7.53. The number of primary amides is 1. The summed E-state index contributed by atoms with van der Waals surface area (Å²) in [6.45, 7) is 2.75. The van der Waals surface area contributed by atoms with Crippen LogP contribution in [-0.4, -0.2) is 36.6 Å². The van der Waals surface area contributed by atoms with E-state index in [2.05, 4.69) is 4.90 Å². The van der Waals surface area contributed by atoms with E-state index >= 15 is 0 Å². The molecule has 1 heterocycles. The highest BCUT2D eigenvalue weighted by atomic mass is 35.5. The van der Waals surface area contributed by atoms with E-state index in [1.807, 2.05) is 12.1 Å². The molecule has 2 unspecified atom stereocenters. The molecule has 1 fully saturated rings. The van der Waals surface area contributed by atoms with E-state index in [0.29, 0.717) is 41.7 Å². The second kappa shape index (κ2) is 9.02. The number of carbonyl (C=O) groups is 1. The van der Waals surface area contributed by atoms with Crippen LogP contribution in [0.3, 0.4) is 0 Å². The molecule has 1 saturated heterocycles. The highest BCUT2D eigenvalue weighted by Crippen LogP contribution is 2.26. The number of hydrogen-bond donors (Lipinski definition) is 1. The number of halogens is 3. The maximum Gasteiger partial charge on any atom is 0.225 e. The monoisotopic (exact) mass is 410 g/mol. The molecule has 7 heteroatoms. The molecule has 0 aliphatic carbocycles. The first-order chi connectivity index (χ1) is 12.9. The lowest BCUT2D eigenvalue weighted by Gasteiger charge is -2.34. The summed E-state index contributed by atoms with van der Waals surface area (Å²) in [4.78, 5) is 14.2. The molecule has 2 aromatic rings. The number of morpholine rings is 1. The van der Waals surface area contributed by atoms with E-state index in [4.69, 9.17) is 33.7 Å². The Labute approximate surface area is 168 Å². The van der Waals surface area contributed by atoms with Gasteiger partial charge in [0.1, 0.15) is 5.82 Å². The zero-order valence-electron chi connectivity index (χ0n) is 14.7. The van der Waals surface area contributed by atoms with Crippen LogP contribution in [0.25, 0.3) is 0 Å². The van der Waals surface area contributed by atoms with Crippen LogP contribution >= 0.6 is 23.2 Å². The average Bonchev–Trinajstić information content (AvgIpc) is 2.64. The Morgan fingerprint density at radius 3 is 2.63 bits per heavy atom. The molecule has 4 nitrogen and oxygen atoms in total. The van der Waals surface area contributed by atoms with Crippen molar-refractivity contribution >= 4 is 29.1 Å². The van der Waals surface area contributed by atoms with Gasteiger partial charge in [-0.25, -0.2) is 4.39 Å². The Kier molecular flexibility index (Phi) is 6.71. The molecule has 0 spiro atoms. The third kappa shape index (κ3) is 5.42. The summed E-state index contributed by atoms with van der Waals surface area (Å²) in [7, 11) is 0. The fourth-order valence-corrected chi connectivity index (χ4v) is 3.66. The van der Waals surface area contributed by atoms with Crippen molar-refractivity contribution in [1.82, 2.24) is 4.90 Å². The Balaban J connectivity index is 1.64. The maximum atomic E-state index is 13.2. The van der Waals surface area contributed by atoms with E-state index in [1.165, 1.54) is 12.1 Å². The van der Waals surface area contributed by atoms with Gasteiger partial charge in [0.2, 0.25) is 5.91 Å². The largest absolute Gasteiger partial charge is 0.376 e.